The number of nitrogens with zero attached hydrogens (tertiary/aromatic N) is 6. The Morgan fingerprint density at radius 3 is 2.58 bits per heavy atom. The van der Waals surface area contributed by atoms with Crippen LogP contribution < -0.4 is 5.32 Å². The normalized spacial score (nSPS) is 16.8. The first kappa shape index (κ1) is 18.5. The number of tetrazole rings is 1. The van der Waals surface area contributed by atoms with Gasteiger partial charge in [-0.1, -0.05) is 19.3 Å². The number of amides is 1. The highest BCUT2D eigenvalue weighted by atomic mass is 16.1. The molecule has 0 aliphatic heterocycles. The number of nitrogens with one attached hydrogen (secondary N) is 1. The van der Waals surface area contributed by atoms with Crippen LogP contribution >= 0.6 is 0 Å². The molecule has 1 saturated carbocycles. The lowest BCUT2D eigenvalue weighted by atomic mass is 9.71. The van der Waals surface area contributed by atoms with Gasteiger partial charge in [-0.15, -0.1) is 5.10 Å². The molecule has 2 aromatic heterocycles. The van der Waals surface area contributed by atoms with Crippen molar-refractivity contribution in [2.75, 3.05) is 5.32 Å². The second-order valence-corrected chi connectivity index (χ2v) is 7.88. The molecule has 0 bridgehead atoms. The fraction of sp³-hybridized carbons (Fsp3) is 0.722. The first-order chi connectivity index (χ1) is 12.4. The monoisotopic (exact) mass is 359 g/mol. The zero-order chi connectivity index (χ0) is 18.7. The van der Waals surface area contributed by atoms with Crippen LogP contribution in [-0.2, 0) is 11.3 Å². The van der Waals surface area contributed by atoms with Crippen molar-refractivity contribution in [1.82, 2.24) is 30.0 Å². The van der Waals surface area contributed by atoms with E-state index in [9.17, 15) is 4.79 Å². The largest absolute Gasteiger partial charge is 0.323 e. The fourth-order valence-corrected chi connectivity index (χ4v) is 4.16. The van der Waals surface area contributed by atoms with Crippen LogP contribution in [0.5, 0.6) is 0 Å². The van der Waals surface area contributed by atoms with Crippen molar-refractivity contribution in [3.05, 3.63) is 17.7 Å². The summed E-state index contributed by atoms with van der Waals surface area (Å²) in [5.74, 6) is 0.0504. The molecule has 2 heterocycles. The maximum Gasteiger partial charge on any atom is 0.225 e. The molecule has 1 aliphatic rings. The van der Waals surface area contributed by atoms with Gasteiger partial charge in [-0.05, 0) is 56.4 Å². The zero-order valence-corrected chi connectivity index (χ0v) is 16.2. The first-order valence-corrected chi connectivity index (χ1v) is 9.46. The van der Waals surface area contributed by atoms with Crippen LogP contribution in [0.15, 0.2) is 6.33 Å². The molecule has 26 heavy (non-hydrogen) atoms. The van der Waals surface area contributed by atoms with Gasteiger partial charge in [-0.3, -0.25) is 9.48 Å². The summed E-state index contributed by atoms with van der Waals surface area (Å²) in [5, 5.41) is 19.1. The molecule has 0 unspecified atom stereocenters. The Hall–Kier alpha value is -2.25. The smallest absolute Gasteiger partial charge is 0.225 e. The number of rotatable bonds is 6. The number of anilines is 1. The summed E-state index contributed by atoms with van der Waals surface area (Å²) in [6.45, 7) is 8.82. The van der Waals surface area contributed by atoms with Crippen molar-refractivity contribution >= 4 is 11.6 Å². The average Bonchev–Trinajstić information content (AvgIpc) is 3.18. The van der Waals surface area contributed by atoms with E-state index in [1.54, 1.807) is 11.0 Å². The van der Waals surface area contributed by atoms with Gasteiger partial charge in [0.2, 0.25) is 5.91 Å². The van der Waals surface area contributed by atoms with Gasteiger partial charge < -0.3 is 5.32 Å². The maximum absolute atomic E-state index is 12.9. The Morgan fingerprint density at radius 1 is 1.27 bits per heavy atom. The van der Waals surface area contributed by atoms with Crippen LogP contribution in [0.1, 0.15) is 69.8 Å². The molecule has 3 rings (SSSR count). The van der Waals surface area contributed by atoms with Gasteiger partial charge in [0.15, 0.2) is 0 Å². The number of aryl methyl sites for hydroxylation is 1. The summed E-state index contributed by atoms with van der Waals surface area (Å²) in [5.41, 5.74) is 2.64. The van der Waals surface area contributed by atoms with E-state index in [1.807, 2.05) is 18.5 Å². The second-order valence-electron chi connectivity index (χ2n) is 7.88. The zero-order valence-electron chi connectivity index (χ0n) is 16.2. The van der Waals surface area contributed by atoms with E-state index >= 15 is 0 Å². The highest BCUT2D eigenvalue weighted by Crippen LogP contribution is 2.41. The molecule has 1 N–H and O–H groups in total. The quantitative estimate of drug-likeness (QED) is 0.856. The average molecular weight is 359 g/mol. The van der Waals surface area contributed by atoms with Gasteiger partial charge in [0, 0.05) is 12.5 Å². The van der Waals surface area contributed by atoms with Crippen molar-refractivity contribution in [3.8, 4) is 0 Å². The van der Waals surface area contributed by atoms with Gasteiger partial charge in [0.05, 0.1) is 23.6 Å². The predicted molar refractivity (Wildman–Crippen MR) is 98.7 cm³/mol. The summed E-state index contributed by atoms with van der Waals surface area (Å²) in [6, 6.07) is 0.267. The molecule has 8 heteroatoms. The number of carbonyl (C=O) groups excluding carboxylic acids is 1. The van der Waals surface area contributed by atoms with Gasteiger partial charge in [-0.25, -0.2) is 4.68 Å². The van der Waals surface area contributed by atoms with E-state index in [0.29, 0.717) is 13.0 Å². The van der Waals surface area contributed by atoms with Gasteiger partial charge in [0.25, 0.3) is 0 Å². The highest BCUT2D eigenvalue weighted by molar-refractivity contribution is 5.92. The molecular weight excluding hydrogens is 330 g/mol. The van der Waals surface area contributed by atoms with Crippen LogP contribution in [0.25, 0.3) is 0 Å². The van der Waals surface area contributed by atoms with E-state index < -0.39 is 0 Å². The molecule has 0 spiro atoms. The first-order valence-electron chi connectivity index (χ1n) is 9.46. The minimum absolute atomic E-state index is 0.0504. The van der Waals surface area contributed by atoms with E-state index in [1.165, 1.54) is 6.42 Å². The summed E-state index contributed by atoms with van der Waals surface area (Å²) in [7, 11) is 0. The predicted octanol–water partition coefficient (Wildman–Crippen LogP) is 3.05. The lowest BCUT2D eigenvalue weighted by molar-refractivity contribution is -0.119. The van der Waals surface area contributed by atoms with Crippen molar-refractivity contribution in [3.63, 3.8) is 0 Å². The molecule has 0 atom stereocenters. The lowest BCUT2D eigenvalue weighted by Crippen LogP contribution is -2.34. The van der Waals surface area contributed by atoms with Gasteiger partial charge in [0.1, 0.15) is 6.33 Å². The summed E-state index contributed by atoms with van der Waals surface area (Å²) < 4.78 is 3.72. The summed E-state index contributed by atoms with van der Waals surface area (Å²) in [4.78, 5) is 12.9. The maximum atomic E-state index is 12.9. The topological polar surface area (TPSA) is 90.5 Å². The van der Waals surface area contributed by atoms with Crippen molar-refractivity contribution in [2.24, 2.45) is 5.41 Å². The number of hydrogen-bond donors (Lipinski definition) is 1. The van der Waals surface area contributed by atoms with Crippen LogP contribution in [0.2, 0.25) is 0 Å². The minimum atomic E-state index is -0.0758. The molecule has 0 radical (unpaired) electrons. The molecule has 142 valence electrons. The Labute approximate surface area is 154 Å². The Bertz CT molecular complexity index is 742. The molecule has 0 saturated heterocycles. The molecule has 0 aromatic carbocycles. The van der Waals surface area contributed by atoms with Crippen molar-refractivity contribution in [1.29, 1.82) is 0 Å². The van der Waals surface area contributed by atoms with Crippen molar-refractivity contribution in [2.45, 2.75) is 78.8 Å². The molecule has 1 amide bonds. The number of hydrogen-bond acceptors (Lipinski definition) is 5. The standard InChI is InChI=1S/C18H29N7O/c1-13(2)25-15(4)17(14(3)21-25)20-16(26)10-18(8-6-5-7-9-18)11-24-12-19-22-23-24/h12-13H,5-11H2,1-4H3,(H,20,26). The third kappa shape index (κ3) is 3.94. The van der Waals surface area contributed by atoms with E-state index in [4.69, 9.17) is 0 Å². The van der Waals surface area contributed by atoms with Crippen LogP contribution in [0, 0.1) is 19.3 Å². The molecule has 2 aromatic rings. The Balaban J connectivity index is 1.74. The van der Waals surface area contributed by atoms with Crippen molar-refractivity contribution < 1.29 is 4.79 Å². The Kier molecular flexibility index (Phi) is 5.38. The third-order valence-electron chi connectivity index (χ3n) is 5.42. The van der Waals surface area contributed by atoms with Gasteiger partial charge >= 0.3 is 0 Å². The second kappa shape index (κ2) is 7.55. The van der Waals surface area contributed by atoms with E-state index in [0.717, 1.165) is 42.8 Å². The van der Waals surface area contributed by atoms with Crippen LogP contribution in [0.3, 0.4) is 0 Å². The van der Waals surface area contributed by atoms with Gasteiger partial charge in [-0.2, -0.15) is 5.10 Å². The lowest BCUT2D eigenvalue weighted by Gasteiger charge is -2.36. The fourth-order valence-electron chi connectivity index (χ4n) is 4.16. The van der Waals surface area contributed by atoms with E-state index in [2.05, 4.69) is 39.8 Å². The number of aromatic nitrogens is 6. The molecular formula is C18H29N7O. The molecule has 1 aliphatic carbocycles. The number of carbonyl (C=O) groups is 1. The molecule has 8 nitrogen and oxygen atoms in total. The van der Waals surface area contributed by atoms with Crippen LogP contribution in [0.4, 0.5) is 5.69 Å². The van der Waals surface area contributed by atoms with E-state index in [-0.39, 0.29) is 17.4 Å². The third-order valence-corrected chi connectivity index (χ3v) is 5.42. The minimum Gasteiger partial charge on any atom is -0.323 e. The highest BCUT2D eigenvalue weighted by Gasteiger charge is 2.35. The van der Waals surface area contributed by atoms with Crippen LogP contribution in [-0.4, -0.2) is 35.9 Å². The summed E-state index contributed by atoms with van der Waals surface area (Å²) in [6.07, 6.45) is 7.72. The summed E-state index contributed by atoms with van der Waals surface area (Å²) >= 11 is 0. The Morgan fingerprint density at radius 2 is 2.00 bits per heavy atom. The SMILES string of the molecule is Cc1nn(C(C)C)c(C)c1NC(=O)CC1(Cn2cnnn2)CCCCC1. The molecule has 1 fully saturated rings.